The molecule has 2 N–H and O–H groups in total. The van der Waals surface area contributed by atoms with E-state index in [-0.39, 0.29) is 0 Å². The average molecular weight is 383 g/mol. The number of aryl methyl sites for hydroxylation is 3. The second-order valence-corrected chi connectivity index (χ2v) is 7.18. The van der Waals surface area contributed by atoms with Crippen LogP contribution < -0.4 is 15.6 Å². The van der Waals surface area contributed by atoms with Crippen LogP contribution in [-0.4, -0.2) is 24.4 Å². The Kier molecular flexibility index (Phi) is 7.80. The molecule has 0 aliphatic rings. The van der Waals surface area contributed by atoms with Gasteiger partial charge in [-0.3, -0.25) is 5.43 Å². The predicted molar refractivity (Wildman–Crippen MR) is 122 cm³/mol. The van der Waals surface area contributed by atoms with E-state index in [1.807, 2.05) is 0 Å². The summed E-state index contributed by atoms with van der Waals surface area (Å²) in [7, 11) is 0. The van der Waals surface area contributed by atoms with Crippen LogP contribution in [0.5, 0.6) is 0 Å². The number of anilines is 2. The van der Waals surface area contributed by atoms with Crippen molar-refractivity contribution in [3.05, 3.63) is 58.7 Å². The highest BCUT2D eigenvalue weighted by Crippen LogP contribution is 2.21. The smallest absolute Gasteiger partial charge is 0.191 e. The van der Waals surface area contributed by atoms with E-state index in [0.717, 1.165) is 30.8 Å². The monoisotopic (exact) mass is 382 g/mol. The van der Waals surface area contributed by atoms with Crippen LogP contribution in [0.4, 0.5) is 11.4 Å². The third-order valence-corrected chi connectivity index (χ3v) is 4.62. The Hall–Kier alpha value is -2.40. The normalized spacial score (nSPS) is 10.9. The molecule has 0 heterocycles. The van der Waals surface area contributed by atoms with Gasteiger partial charge in [0.05, 0.1) is 6.21 Å². The lowest BCUT2D eigenvalue weighted by atomic mass is 10.1. The fraction of sp³-hybridized carbons (Fsp3) is 0.364. The van der Waals surface area contributed by atoms with Crippen molar-refractivity contribution in [2.45, 2.75) is 41.0 Å². The number of hydrogen-bond donors (Lipinski definition) is 2. The van der Waals surface area contributed by atoms with Crippen molar-refractivity contribution in [3.63, 3.8) is 0 Å². The molecule has 0 atom stereocenters. The van der Waals surface area contributed by atoms with E-state index < -0.39 is 0 Å². The summed E-state index contributed by atoms with van der Waals surface area (Å²) in [5, 5.41) is 7.98. The minimum Gasteiger partial charge on any atom is -0.372 e. The van der Waals surface area contributed by atoms with E-state index in [0.29, 0.717) is 5.11 Å². The molecule has 0 unspecified atom stereocenters. The van der Waals surface area contributed by atoms with E-state index in [1.54, 1.807) is 6.21 Å². The van der Waals surface area contributed by atoms with Crippen molar-refractivity contribution < 1.29 is 0 Å². The molecule has 2 aromatic rings. The highest BCUT2D eigenvalue weighted by molar-refractivity contribution is 7.80. The Bertz CT molecular complexity index is 773. The van der Waals surface area contributed by atoms with Gasteiger partial charge in [0.25, 0.3) is 0 Å². The molecular weight excluding hydrogens is 352 g/mol. The number of nitrogens with one attached hydrogen (secondary N) is 2. The highest BCUT2D eigenvalue weighted by Gasteiger charge is 2.05. The summed E-state index contributed by atoms with van der Waals surface area (Å²) in [6.45, 7) is 12.7. The van der Waals surface area contributed by atoms with Gasteiger partial charge < -0.3 is 10.2 Å². The minimum absolute atomic E-state index is 0.484. The molecular formula is C22H30N4S. The molecule has 0 amide bonds. The van der Waals surface area contributed by atoms with Crippen LogP contribution in [0, 0.1) is 20.8 Å². The second kappa shape index (κ2) is 10.1. The summed E-state index contributed by atoms with van der Waals surface area (Å²) in [5.41, 5.74) is 9.79. The number of hydrogen-bond acceptors (Lipinski definition) is 3. The van der Waals surface area contributed by atoms with E-state index in [1.165, 1.54) is 22.4 Å². The van der Waals surface area contributed by atoms with E-state index in [2.05, 4.69) is 91.8 Å². The number of hydrazone groups is 1. The lowest BCUT2D eigenvalue weighted by Gasteiger charge is -2.22. The quantitative estimate of drug-likeness (QED) is 0.394. The van der Waals surface area contributed by atoms with Crippen LogP contribution >= 0.6 is 12.2 Å². The summed E-state index contributed by atoms with van der Waals surface area (Å²) in [4.78, 5) is 2.37. The first-order valence-electron chi connectivity index (χ1n) is 9.47. The number of thiocarbonyl (C=S) groups is 1. The Balaban J connectivity index is 1.94. The molecule has 5 heteroatoms. The zero-order chi connectivity index (χ0) is 19.8. The molecule has 0 saturated heterocycles. The first kappa shape index (κ1) is 20.9. The van der Waals surface area contributed by atoms with Crippen molar-refractivity contribution in [2.75, 3.05) is 23.3 Å². The largest absolute Gasteiger partial charge is 0.372 e. The van der Waals surface area contributed by atoms with Crippen molar-refractivity contribution in [1.82, 2.24) is 5.43 Å². The van der Waals surface area contributed by atoms with Crippen LogP contribution in [0.1, 0.15) is 42.5 Å². The second-order valence-electron chi connectivity index (χ2n) is 6.77. The van der Waals surface area contributed by atoms with Crippen molar-refractivity contribution >= 4 is 34.9 Å². The van der Waals surface area contributed by atoms with Crippen LogP contribution in [-0.2, 0) is 0 Å². The summed E-state index contributed by atoms with van der Waals surface area (Å²) in [6, 6.07) is 12.7. The molecule has 144 valence electrons. The molecule has 2 rings (SSSR count). The van der Waals surface area contributed by atoms with Crippen LogP contribution in [0.25, 0.3) is 0 Å². The number of benzene rings is 2. The van der Waals surface area contributed by atoms with Crippen LogP contribution in [0.3, 0.4) is 0 Å². The molecule has 0 fully saturated rings. The molecule has 0 bridgehead atoms. The molecule has 0 spiro atoms. The molecule has 0 saturated carbocycles. The molecule has 0 radical (unpaired) electrons. The third kappa shape index (κ3) is 6.07. The zero-order valence-corrected chi connectivity index (χ0v) is 17.8. The summed E-state index contributed by atoms with van der Waals surface area (Å²) in [6.07, 6.45) is 2.92. The molecule has 27 heavy (non-hydrogen) atoms. The molecule has 0 aliphatic carbocycles. The van der Waals surface area contributed by atoms with Gasteiger partial charge in [-0.2, -0.15) is 5.10 Å². The fourth-order valence-corrected chi connectivity index (χ4v) is 3.35. The van der Waals surface area contributed by atoms with Crippen molar-refractivity contribution in [3.8, 4) is 0 Å². The maximum Gasteiger partial charge on any atom is 0.191 e. The zero-order valence-electron chi connectivity index (χ0n) is 17.0. The summed E-state index contributed by atoms with van der Waals surface area (Å²) >= 11 is 5.36. The topological polar surface area (TPSA) is 39.7 Å². The fourth-order valence-electron chi connectivity index (χ4n) is 3.20. The van der Waals surface area contributed by atoms with Gasteiger partial charge in [-0.25, -0.2) is 0 Å². The average Bonchev–Trinajstić information content (AvgIpc) is 2.63. The Morgan fingerprint density at radius 3 is 2.26 bits per heavy atom. The molecule has 0 aromatic heterocycles. The molecule has 4 nitrogen and oxygen atoms in total. The van der Waals surface area contributed by atoms with Gasteiger partial charge in [-0.1, -0.05) is 36.8 Å². The SMILES string of the molecule is CCCN(CC)c1ccc(C=NNC(=S)Nc2c(C)cc(C)cc2C)cc1. The molecule has 0 aliphatic heterocycles. The van der Waals surface area contributed by atoms with E-state index in [9.17, 15) is 0 Å². The van der Waals surface area contributed by atoms with Crippen molar-refractivity contribution in [1.29, 1.82) is 0 Å². The lowest BCUT2D eigenvalue weighted by molar-refractivity contribution is 0.792. The first-order valence-corrected chi connectivity index (χ1v) is 9.88. The van der Waals surface area contributed by atoms with Crippen molar-refractivity contribution in [2.24, 2.45) is 5.10 Å². The highest BCUT2D eigenvalue weighted by atomic mass is 32.1. The Morgan fingerprint density at radius 1 is 1.07 bits per heavy atom. The summed E-state index contributed by atoms with van der Waals surface area (Å²) in [5.74, 6) is 0. The van der Waals surface area contributed by atoms with Gasteiger partial charge in [0.15, 0.2) is 5.11 Å². The van der Waals surface area contributed by atoms with Crippen LogP contribution in [0.2, 0.25) is 0 Å². The number of rotatable bonds is 7. The Morgan fingerprint density at radius 2 is 1.70 bits per heavy atom. The molecule has 2 aromatic carbocycles. The van der Waals surface area contributed by atoms with Gasteiger partial charge >= 0.3 is 0 Å². The lowest BCUT2D eigenvalue weighted by Crippen LogP contribution is -2.24. The minimum atomic E-state index is 0.484. The third-order valence-electron chi connectivity index (χ3n) is 4.43. The Labute approximate surface area is 168 Å². The standard InChI is InChI=1S/C22H30N4S/c1-6-12-26(7-2)20-10-8-19(9-11-20)15-23-25-22(27)24-21-17(4)13-16(3)14-18(21)5/h8-11,13-15H,6-7,12H2,1-5H3,(H2,24,25,27). The first-order chi connectivity index (χ1) is 12.9. The van der Waals surface area contributed by atoms with E-state index >= 15 is 0 Å². The van der Waals surface area contributed by atoms with Gasteiger partial charge in [0.1, 0.15) is 0 Å². The van der Waals surface area contributed by atoms with Gasteiger partial charge in [-0.05, 0) is 75.2 Å². The van der Waals surface area contributed by atoms with Gasteiger partial charge in [-0.15, -0.1) is 0 Å². The number of nitrogens with zero attached hydrogens (tertiary/aromatic N) is 2. The van der Waals surface area contributed by atoms with E-state index in [4.69, 9.17) is 12.2 Å². The van der Waals surface area contributed by atoms with Gasteiger partial charge in [0, 0.05) is 24.5 Å². The van der Waals surface area contributed by atoms with Gasteiger partial charge in [0.2, 0.25) is 0 Å². The summed E-state index contributed by atoms with van der Waals surface area (Å²) < 4.78 is 0. The predicted octanol–water partition coefficient (Wildman–Crippen LogP) is 5.17. The maximum atomic E-state index is 5.36. The maximum absolute atomic E-state index is 5.36. The van der Waals surface area contributed by atoms with Crippen LogP contribution in [0.15, 0.2) is 41.5 Å².